The van der Waals surface area contributed by atoms with Crippen molar-refractivity contribution in [3.8, 4) is 0 Å². The molecule has 1 aliphatic heterocycles. The molecule has 1 saturated heterocycles. The molecule has 0 spiro atoms. The molecule has 1 atom stereocenters. The van der Waals surface area contributed by atoms with Crippen LogP contribution in [0.1, 0.15) is 32.6 Å². The van der Waals surface area contributed by atoms with Gasteiger partial charge in [0.1, 0.15) is 0 Å². The average Bonchev–Trinajstić information content (AvgIpc) is 2.29. The molecule has 3 nitrogen and oxygen atoms in total. The second kappa shape index (κ2) is 3.13. The van der Waals surface area contributed by atoms with Crippen molar-refractivity contribution in [1.82, 2.24) is 4.90 Å². The van der Waals surface area contributed by atoms with Gasteiger partial charge in [-0.15, -0.1) is 0 Å². The number of likely N-dealkylation sites (tertiary alicyclic amines) is 1. The fourth-order valence-electron chi connectivity index (χ4n) is 2.16. The molecule has 1 amide bonds. The van der Waals surface area contributed by atoms with Gasteiger partial charge in [-0.05, 0) is 25.7 Å². The summed E-state index contributed by atoms with van der Waals surface area (Å²) in [7, 11) is 0. The Morgan fingerprint density at radius 3 is 2.46 bits per heavy atom. The van der Waals surface area contributed by atoms with Crippen LogP contribution in [0.2, 0.25) is 0 Å². The summed E-state index contributed by atoms with van der Waals surface area (Å²) in [5.74, 6) is 0.195. The molecule has 0 bridgehead atoms. The number of rotatable bonds is 2. The van der Waals surface area contributed by atoms with E-state index >= 15 is 0 Å². The average molecular weight is 181 g/mol. The molecule has 0 N–H and O–H groups in total. The van der Waals surface area contributed by atoms with E-state index in [1.54, 1.807) is 4.90 Å². The molecule has 72 valence electrons. The van der Waals surface area contributed by atoms with Crippen LogP contribution >= 0.6 is 0 Å². The Labute approximate surface area is 78.1 Å². The van der Waals surface area contributed by atoms with Crippen LogP contribution in [0.4, 0.5) is 0 Å². The van der Waals surface area contributed by atoms with Crippen molar-refractivity contribution < 1.29 is 9.59 Å². The lowest BCUT2D eigenvalue weighted by Crippen LogP contribution is -2.42. The number of hydrogen-bond acceptors (Lipinski definition) is 2. The molecule has 2 rings (SSSR count). The van der Waals surface area contributed by atoms with Crippen molar-refractivity contribution in [2.75, 3.05) is 6.54 Å². The van der Waals surface area contributed by atoms with Gasteiger partial charge in [0.15, 0.2) is 0 Å². The molecule has 1 aliphatic carbocycles. The van der Waals surface area contributed by atoms with Crippen molar-refractivity contribution in [3.05, 3.63) is 0 Å². The molecular formula is C10H15NO2. The summed E-state index contributed by atoms with van der Waals surface area (Å²) in [6.45, 7) is 2.72. The van der Waals surface area contributed by atoms with Crippen LogP contribution in [0.25, 0.3) is 0 Å². The van der Waals surface area contributed by atoms with Gasteiger partial charge in [0.05, 0.1) is 0 Å². The van der Waals surface area contributed by atoms with Crippen LogP contribution in [0.15, 0.2) is 0 Å². The highest BCUT2D eigenvalue weighted by Gasteiger charge is 2.37. The van der Waals surface area contributed by atoms with Crippen molar-refractivity contribution in [2.24, 2.45) is 5.92 Å². The molecule has 1 unspecified atom stereocenters. The van der Waals surface area contributed by atoms with E-state index in [1.165, 1.54) is 19.3 Å². The van der Waals surface area contributed by atoms with Crippen molar-refractivity contribution in [1.29, 1.82) is 0 Å². The van der Waals surface area contributed by atoms with Gasteiger partial charge in [-0.25, -0.2) is 0 Å². The molecule has 13 heavy (non-hydrogen) atoms. The zero-order chi connectivity index (χ0) is 9.42. The third-order valence-corrected chi connectivity index (χ3v) is 3.40. The molecular weight excluding hydrogens is 166 g/mol. The van der Waals surface area contributed by atoms with Crippen LogP contribution in [0, 0.1) is 5.92 Å². The van der Waals surface area contributed by atoms with E-state index in [9.17, 15) is 9.59 Å². The highest BCUT2D eigenvalue weighted by molar-refractivity contribution is 6.37. The van der Waals surface area contributed by atoms with Crippen LogP contribution in [-0.2, 0) is 9.59 Å². The largest absolute Gasteiger partial charge is 0.333 e. The van der Waals surface area contributed by atoms with Gasteiger partial charge in [-0.3, -0.25) is 9.59 Å². The molecule has 2 aliphatic rings. The third-order valence-electron chi connectivity index (χ3n) is 3.40. The zero-order valence-corrected chi connectivity index (χ0v) is 7.95. The summed E-state index contributed by atoms with van der Waals surface area (Å²) in [5, 5.41) is 0. The number of ketones is 1. The first kappa shape index (κ1) is 8.73. The number of amides is 1. The van der Waals surface area contributed by atoms with E-state index in [0.717, 1.165) is 0 Å². The van der Waals surface area contributed by atoms with E-state index in [4.69, 9.17) is 0 Å². The number of carbonyl (C=O) groups excluding carboxylic acids is 2. The van der Waals surface area contributed by atoms with Gasteiger partial charge in [0.25, 0.3) is 5.91 Å². The molecule has 2 fully saturated rings. The monoisotopic (exact) mass is 181 g/mol. The fraction of sp³-hybridized carbons (Fsp3) is 0.800. The third kappa shape index (κ3) is 1.36. The van der Waals surface area contributed by atoms with Gasteiger partial charge in [0, 0.05) is 19.0 Å². The number of carbonyl (C=O) groups is 2. The Kier molecular flexibility index (Phi) is 2.10. The van der Waals surface area contributed by atoms with Crippen molar-refractivity contribution >= 4 is 11.7 Å². The molecule has 0 aromatic carbocycles. The molecule has 0 aromatic rings. The highest BCUT2D eigenvalue weighted by Crippen LogP contribution is 2.33. The first-order valence-corrected chi connectivity index (χ1v) is 5.04. The normalized spacial score (nSPS) is 26.4. The van der Waals surface area contributed by atoms with E-state index in [-0.39, 0.29) is 17.7 Å². The van der Waals surface area contributed by atoms with E-state index in [1.807, 2.05) is 0 Å². The predicted octanol–water partition coefficient (Wildman–Crippen LogP) is 0.976. The molecule has 1 heterocycles. The van der Waals surface area contributed by atoms with Crippen molar-refractivity contribution in [2.45, 2.75) is 38.6 Å². The topological polar surface area (TPSA) is 37.4 Å². The van der Waals surface area contributed by atoms with Crippen molar-refractivity contribution in [3.63, 3.8) is 0 Å². The Morgan fingerprint density at radius 2 is 2.08 bits per heavy atom. The summed E-state index contributed by atoms with van der Waals surface area (Å²) < 4.78 is 0. The summed E-state index contributed by atoms with van der Waals surface area (Å²) in [4.78, 5) is 24.2. The Morgan fingerprint density at radius 1 is 1.38 bits per heavy atom. The molecule has 1 saturated carbocycles. The number of Topliss-reactive ketones (excluding diaryl/α,β-unsaturated/α-hetero) is 1. The van der Waals surface area contributed by atoms with E-state index in [0.29, 0.717) is 18.9 Å². The van der Waals surface area contributed by atoms with Gasteiger partial charge in [0.2, 0.25) is 5.78 Å². The number of nitrogens with zero attached hydrogens (tertiary/aromatic N) is 1. The maximum absolute atomic E-state index is 11.4. The zero-order valence-electron chi connectivity index (χ0n) is 7.95. The SMILES string of the molecule is CC(C1CCC1)N1CCC(=O)C1=O. The predicted molar refractivity (Wildman–Crippen MR) is 48.1 cm³/mol. The first-order chi connectivity index (χ1) is 6.20. The van der Waals surface area contributed by atoms with Crippen LogP contribution < -0.4 is 0 Å². The minimum atomic E-state index is -0.251. The maximum Gasteiger partial charge on any atom is 0.290 e. The van der Waals surface area contributed by atoms with Gasteiger partial charge in [-0.1, -0.05) is 6.42 Å². The quantitative estimate of drug-likeness (QED) is 0.595. The Balaban J connectivity index is 2.00. The minimum absolute atomic E-state index is 0.203. The summed E-state index contributed by atoms with van der Waals surface area (Å²) in [6, 6.07) is 0.285. The maximum atomic E-state index is 11.4. The van der Waals surface area contributed by atoms with Gasteiger partial charge in [-0.2, -0.15) is 0 Å². The smallest absolute Gasteiger partial charge is 0.290 e. The Hall–Kier alpha value is -0.860. The number of hydrogen-bond donors (Lipinski definition) is 0. The second-order valence-electron chi connectivity index (χ2n) is 4.10. The standard InChI is InChI=1S/C10H15NO2/c1-7(8-3-2-4-8)11-6-5-9(12)10(11)13/h7-8H,2-6H2,1H3. The summed E-state index contributed by atoms with van der Waals surface area (Å²) >= 11 is 0. The van der Waals surface area contributed by atoms with E-state index in [2.05, 4.69) is 6.92 Å². The lowest BCUT2D eigenvalue weighted by molar-refractivity contribution is -0.141. The lowest BCUT2D eigenvalue weighted by Gasteiger charge is -2.36. The van der Waals surface area contributed by atoms with E-state index < -0.39 is 0 Å². The van der Waals surface area contributed by atoms with Crippen LogP contribution in [0.3, 0.4) is 0 Å². The second-order valence-corrected chi connectivity index (χ2v) is 4.10. The first-order valence-electron chi connectivity index (χ1n) is 5.04. The summed E-state index contributed by atoms with van der Waals surface area (Å²) in [6.07, 6.45) is 4.15. The summed E-state index contributed by atoms with van der Waals surface area (Å²) in [5.41, 5.74) is 0. The van der Waals surface area contributed by atoms with Crippen LogP contribution in [0.5, 0.6) is 0 Å². The molecule has 0 radical (unpaired) electrons. The van der Waals surface area contributed by atoms with Gasteiger partial charge < -0.3 is 4.90 Å². The van der Waals surface area contributed by atoms with Crippen LogP contribution in [-0.4, -0.2) is 29.2 Å². The highest BCUT2D eigenvalue weighted by atomic mass is 16.2. The lowest BCUT2D eigenvalue weighted by atomic mass is 9.80. The minimum Gasteiger partial charge on any atom is -0.333 e. The fourth-order valence-corrected chi connectivity index (χ4v) is 2.16. The Bertz CT molecular complexity index is 245. The molecule has 0 aromatic heterocycles. The molecule has 3 heteroatoms. The van der Waals surface area contributed by atoms with Gasteiger partial charge >= 0.3 is 0 Å².